The average molecular weight is 363 g/mol. The molecule has 1 amide bonds. The van der Waals surface area contributed by atoms with Crippen LogP contribution in [0.4, 0.5) is 0 Å². The number of hydrogen-bond donors (Lipinski definition) is 1. The van der Waals surface area contributed by atoms with Crippen molar-refractivity contribution >= 4 is 5.91 Å². The average Bonchev–Trinajstić information content (AvgIpc) is 3.14. The van der Waals surface area contributed by atoms with Crippen LogP contribution in [0.15, 0.2) is 54.6 Å². The van der Waals surface area contributed by atoms with Crippen molar-refractivity contribution in [3.8, 4) is 11.4 Å². The van der Waals surface area contributed by atoms with Crippen molar-refractivity contribution in [2.75, 3.05) is 6.54 Å². The van der Waals surface area contributed by atoms with Crippen LogP contribution >= 0.6 is 0 Å². The summed E-state index contributed by atoms with van der Waals surface area (Å²) >= 11 is 0. The van der Waals surface area contributed by atoms with Gasteiger partial charge in [0.2, 0.25) is 11.7 Å². The second kappa shape index (κ2) is 9.07. The number of benzene rings is 2. The molecule has 1 N–H and O–H groups in total. The van der Waals surface area contributed by atoms with E-state index >= 15 is 0 Å². The van der Waals surface area contributed by atoms with Crippen LogP contribution in [0.5, 0.6) is 0 Å². The molecule has 0 saturated carbocycles. The molecule has 0 atom stereocenters. The molecule has 3 aromatic rings. The van der Waals surface area contributed by atoms with Crippen LogP contribution in [0, 0.1) is 0 Å². The van der Waals surface area contributed by atoms with E-state index in [0.29, 0.717) is 18.3 Å². The predicted octanol–water partition coefficient (Wildman–Crippen LogP) is 3.21. The number of nitrogens with zero attached hydrogens (tertiary/aromatic N) is 4. The van der Waals surface area contributed by atoms with E-state index in [1.54, 1.807) is 0 Å². The Morgan fingerprint density at radius 3 is 2.52 bits per heavy atom. The van der Waals surface area contributed by atoms with Gasteiger partial charge in [-0.05, 0) is 35.1 Å². The molecule has 0 unspecified atom stereocenters. The first-order valence-electron chi connectivity index (χ1n) is 9.30. The van der Waals surface area contributed by atoms with Crippen molar-refractivity contribution < 1.29 is 4.79 Å². The number of amides is 1. The third-order valence-electron chi connectivity index (χ3n) is 4.38. The fraction of sp³-hybridized carbons (Fsp3) is 0.333. The van der Waals surface area contributed by atoms with Crippen molar-refractivity contribution in [3.05, 3.63) is 65.7 Å². The minimum absolute atomic E-state index is 0.0718. The molecule has 6 nitrogen and oxygen atoms in total. The van der Waals surface area contributed by atoms with E-state index in [0.717, 1.165) is 18.4 Å². The summed E-state index contributed by atoms with van der Waals surface area (Å²) in [6.07, 6.45) is 1.84. The van der Waals surface area contributed by atoms with Crippen LogP contribution < -0.4 is 5.32 Å². The topological polar surface area (TPSA) is 72.7 Å². The van der Waals surface area contributed by atoms with Crippen LogP contribution in [-0.4, -0.2) is 32.7 Å². The van der Waals surface area contributed by atoms with E-state index < -0.39 is 0 Å². The number of aromatic nitrogens is 4. The van der Waals surface area contributed by atoms with Gasteiger partial charge in [0.1, 0.15) is 6.54 Å². The third kappa shape index (κ3) is 5.48. The molecular formula is C21H25N5O. The molecule has 27 heavy (non-hydrogen) atoms. The highest BCUT2D eigenvalue weighted by molar-refractivity contribution is 5.75. The second-order valence-electron chi connectivity index (χ2n) is 6.86. The summed E-state index contributed by atoms with van der Waals surface area (Å²) in [5, 5.41) is 15.2. The highest BCUT2D eigenvalue weighted by atomic mass is 16.2. The van der Waals surface area contributed by atoms with Crippen molar-refractivity contribution in [1.29, 1.82) is 0 Å². The summed E-state index contributed by atoms with van der Waals surface area (Å²) in [4.78, 5) is 13.4. The Labute approximate surface area is 159 Å². The van der Waals surface area contributed by atoms with Gasteiger partial charge in [0, 0.05) is 12.1 Å². The Balaban J connectivity index is 1.46. The molecule has 0 radical (unpaired) electrons. The van der Waals surface area contributed by atoms with Gasteiger partial charge in [-0.2, -0.15) is 4.80 Å². The molecule has 2 aromatic carbocycles. The first kappa shape index (κ1) is 18.8. The normalized spacial score (nSPS) is 10.9. The zero-order valence-corrected chi connectivity index (χ0v) is 15.8. The van der Waals surface area contributed by atoms with Gasteiger partial charge >= 0.3 is 0 Å². The lowest BCUT2D eigenvalue weighted by atomic mass is 10.0. The van der Waals surface area contributed by atoms with Gasteiger partial charge in [-0.25, -0.2) is 0 Å². The summed E-state index contributed by atoms with van der Waals surface area (Å²) in [7, 11) is 0. The number of carbonyl (C=O) groups is 1. The summed E-state index contributed by atoms with van der Waals surface area (Å²) in [5.74, 6) is 0.901. The lowest BCUT2D eigenvalue weighted by Gasteiger charge is -2.05. The van der Waals surface area contributed by atoms with Crippen LogP contribution in [0.3, 0.4) is 0 Å². The monoisotopic (exact) mass is 363 g/mol. The smallest absolute Gasteiger partial charge is 0.243 e. The Bertz CT molecular complexity index is 856. The zero-order chi connectivity index (χ0) is 19.1. The van der Waals surface area contributed by atoms with Gasteiger partial charge in [-0.3, -0.25) is 4.79 Å². The van der Waals surface area contributed by atoms with Gasteiger partial charge in [-0.15, -0.1) is 10.2 Å². The molecule has 0 aliphatic rings. The number of aryl methyl sites for hydroxylation is 1. The Hall–Kier alpha value is -3.02. The minimum atomic E-state index is -0.109. The first-order chi connectivity index (χ1) is 13.1. The second-order valence-corrected chi connectivity index (χ2v) is 6.86. The maximum atomic E-state index is 12.0. The molecule has 1 aromatic heterocycles. The zero-order valence-electron chi connectivity index (χ0n) is 15.8. The Kier molecular flexibility index (Phi) is 6.30. The summed E-state index contributed by atoms with van der Waals surface area (Å²) in [6.45, 7) is 5.01. The number of tetrazole rings is 1. The van der Waals surface area contributed by atoms with Gasteiger partial charge in [-0.1, -0.05) is 68.4 Å². The molecule has 0 saturated heterocycles. The number of nitrogens with one attached hydrogen (secondary N) is 1. The number of hydrogen-bond acceptors (Lipinski definition) is 4. The molecule has 3 rings (SSSR count). The maximum Gasteiger partial charge on any atom is 0.243 e. The number of rotatable bonds is 8. The van der Waals surface area contributed by atoms with Crippen LogP contribution in [-0.2, 0) is 17.8 Å². The number of carbonyl (C=O) groups excluding carboxylic acids is 1. The third-order valence-corrected chi connectivity index (χ3v) is 4.38. The van der Waals surface area contributed by atoms with Crippen molar-refractivity contribution in [1.82, 2.24) is 25.5 Å². The summed E-state index contributed by atoms with van der Waals surface area (Å²) in [6, 6.07) is 18.4. The van der Waals surface area contributed by atoms with E-state index in [1.807, 2.05) is 30.3 Å². The predicted molar refractivity (Wildman–Crippen MR) is 105 cm³/mol. The Morgan fingerprint density at radius 1 is 1.07 bits per heavy atom. The Morgan fingerprint density at radius 2 is 1.81 bits per heavy atom. The van der Waals surface area contributed by atoms with Crippen LogP contribution in [0.1, 0.15) is 37.3 Å². The molecule has 1 heterocycles. The van der Waals surface area contributed by atoms with Crippen molar-refractivity contribution in [2.24, 2.45) is 0 Å². The minimum Gasteiger partial charge on any atom is -0.354 e. The van der Waals surface area contributed by atoms with Gasteiger partial charge in [0.15, 0.2) is 0 Å². The largest absolute Gasteiger partial charge is 0.354 e. The van der Waals surface area contributed by atoms with Crippen LogP contribution in [0.2, 0.25) is 0 Å². The molecule has 0 bridgehead atoms. The molecule has 0 aliphatic carbocycles. The van der Waals surface area contributed by atoms with E-state index in [9.17, 15) is 4.79 Å². The molecule has 140 valence electrons. The van der Waals surface area contributed by atoms with Gasteiger partial charge in [0.05, 0.1) is 0 Å². The standard InChI is InChI=1S/C21H25N5O/c1-16(2)18-10-12-19(13-11-18)21-23-25-26(24-21)15-20(27)22-14-6-9-17-7-4-3-5-8-17/h3-5,7-8,10-13,16H,6,9,14-15H2,1-2H3,(H,22,27). The van der Waals surface area contributed by atoms with Crippen molar-refractivity contribution in [2.45, 2.75) is 39.2 Å². The summed E-state index contributed by atoms with van der Waals surface area (Å²) < 4.78 is 0. The summed E-state index contributed by atoms with van der Waals surface area (Å²) in [5.41, 5.74) is 3.44. The SMILES string of the molecule is CC(C)c1ccc(-c2nnn(CC(=O)NCCCc3ccccc3)n2)cc1. The van der Waals surface area contributed by atoms with Gasteiger partial charge in [0.25, 0.3) is 0 Å². The highest BCUT2D eigenvalue weighted by Crippen LogP contribution is 2.19. The lowest BCUT2D eigenvalue weighted by molar-refractivity contribution is -0.122. The first-order valence-corrected chi connectivity index (χ1v) is 9.30. The van der Waals surface area contributed by atoms with Gasteiger partial charge < -0.3 is 5.32 Å². The molecule has 0 aliphatic heterocycles. The van der Waals surface area contributed by atoms with E-state index in [1.165, 1.54) is 15.9 Å². The van der Waals surface area contributed by atoms with Crippen molar-refractivity contribution in [3.63, 3.8) is 0 Å². The van der Waals surface area contributed by atoms with E-state index in [4.69, 9.17) is 0 Å². The quantitative estimate of drug-likeness (QED) is 0.624. The fourth-order valence-corrected chi connectivity index (χ4v) is 2.79. The highest BCUT2D eigenvalue weighted by Gasteiger charge is 2.09. The lowest BCUT2D eigenvalue weighted by Crippen LogP contribution is -2.29. The molecule has 0 fully saturated rings. The molecular weight excluding hydrogens is 338 g/mol. The van der Waals surface area contributed by atoms with E-state index in [2.05, 4.69) is 58.8 Å². The molecule has 6 heteroatoms. The fourth-order valence-electron chi connectivity index (χ4n) is 2.79. The van der Waals surface area contributed by atoms with Crippen LogP contribution in [0.25, 0.3) is 11.4 Å². The maximum absolute atomic E-state index is 12.0. The molecule has 0 spiro atoms. The van der Waals surface area contributed by atoms with E-state index in [-0.39, 0.29) is 12.5 Å².